The fourth-order valence-corrected chi connectivity index (χ4v) is 2.94. The number of esters is 2. The lowest BCUT2D eigenvalue weighted by atomic mass is 9.89. The fourth-order valence-electron chi connectivity index (χ4n) is 2.94. The van der Waals surface area contributed by atoms with Gasteiger partial charge in [-0.25, -0.2) is 9.59 Å². The van der Waals surface area contributed by atoms with Gasteiger partial charge in [-0.1, -0.05) is 19.3 Å². The summed E-state index contributed by atoms with van der Waals surface area (Å²) in [7, 11) is 0. The molecule has 0 aromatic carbocycles. The van der Waals surface area contributed by atoms with Crippen LogP contribution in [0.25, 0.3) is 0 Å². The van der Waals surface area contributed by atoms with Crippen LogP contribution in [-0.4, -0.2) is 50.2 Å². The predicted molar refractivity (Wildman–Crippen MR) is 90.7 cm³/mol. The summed E-state index contributed by atoms with van der Waals surface area (Å²) in [5, 5.41) is 7.48. The Labute approximate surface area is 151 Å². The van der Waals surface area contributed by atoms with Crippen molar-refractivity contribution in [2.24, 2.45) is 5.92 Å². The predicted octanol–water partition coefficient (Wildman–Crippen LogP) is 0.356. The van der Waals surface area contributed by atoms with E-state index in [4.69, 9.17) is 9.47 Å². The summed E-state index contributed by atoms with van der Waals surface area (Å²) in [6.45, 7) is 1.33. The van der Waals surface area contributed by atoms with E-state index in [1.54, 1.807) is 6.92 Å². The van der Waals surface area contributed by atoms with Gasteiger partial charge in [0.1, 0.15) is 13.2 Å². The largest absolute Gasteiger partial charge is 0.463 e. The van der Waals surface area contributed by atoms with Crippen LogP contribution in [-0.2, 0) is 23.9 Å². The van der Waals surface area contributed by atoms with Gasteiger partial charge in [0.05, 0.1) is 24.4 Å². The quantitative estimate of drug-likeness (QED) is 0.558. The Morgan fingerprint density at radius 1 is 1.15 bits per heavy atom. The standard InChI is InChI=1S/C17H25N3O6/c1-2-25-16(23)12-8-19-17(24)20-13(12)10-26-14(21)9-18-15(22)11-6-4-3-5-7-11/h11H,2-10H2,1H3,(H,18,22)(H2,19,20,24). The number of carbonyl (C=O) groups is 4. The molecule has 0 spiro atoms. The highest BCUT2D eigenvalue weighted by atomic mass is 16.5. The number of rotatable bonds is 7. The summed E-state index contributed by atoms with van der Waals surface area (Å²) in [5.41, 5.74) is 0.379. The van der Waals surface area contributed by atoms with Crippen LogP contribution in [0.3, 0.4) is 0 Å². The first-order chi connectivity index (χ1) is 12.5. The van der Waals surface area contributed by atoms with Crippen molar-refractivity contribution in [3.8, 4) is 0 Å². The Hall–Kier alpha value is -2.58. The Morgan fingerprint density at radius 3 is 2.58 bits per heavy atom. The van der Waals surface area contributed by atoms with E-state index in [-0.39, 0.29) is 49.4 Å². The Balaban J connectivity index is 1.82. The lowest BCUT2D eigenvalue weighted by Crippen LogP contribution is -2.45. The maximum Gasteiger partial charge on any atom is 0.337 e. The molecule has 9 heteroatoms. The summed E-state index contributed by atoms with van der Waals surface area (Å²) in [4.78, 5) is 47.2. The number of hydrogen-bond acceptors (Lipinski definition) is 6. The third-order valence-corrected chi connectivity index (χ3v) is 4.34. The highest BCUT2D eigenvalue weighted by molar-refractivity contribution is 5.93. The van der Waals surface area contributed by atoms with Gasteiger partial charge in [0.15, 0.2) is 0 Å². The molecular weight excluding hydrogens is 342 g/mol. The molecule has 0 aromatic rings. The number of amides is 3. The zero-order chi connectivity index (χ0) is 18.9. The fraction of sp³-hybridized carbons (Fsp3) is 0.647. The molecule has 3 amide bonds. The van der Waals surface area contributed by atoms with E-state index in [0.29, 0.717) is 0 Å². The van der Waals surface area contributed by atoms with Crippen molar-refractivity contribution >= 4 is 23.9 Å². The Kier molecular flexibility index (Phi) is 7.43. The van der Waals surface area contributed by atoms with Gasteiger partial charge in [-0.05, 0) is 19.8 Å². The van der Waals surface area contributed by atoms with E-state index in [2.05, 4.69) is 16.0 Å². The van der Waals surface area contributed by atoms with Gasteiger partial charge in [-0.15, -0.1) is 0 Å². The smallest absolute Gasteiger partial charge is 0.337 e. The van der Waals surface area contributed by atoms with Gasteiger partial charge in [0.25, 0.3) is 0 Å². The Bertz CT molecular complexity index is 595. The Morgan fingerprint density at radius 2 is 1.88 bits per heavy atom. The second kappa shape index (κ2) is 9.79. The van der Waals surface area contributed by atoms with Crippen LogP contribution in [0.5, 0.6) is 0 Å². The minimum Gasteiger partial charge on any atom is -0.463 e. The van der Waals surface area contributed by atoms with Gasteiger partial charge in [-0.3, -0.25) is 9.59 Å². The van der Waals surface area contributed by atoms with Crippen LogP contribution in [0.2, 0.25) is 0 Å². The molecule has 144 valence electrons. The molecule has 1 heterocycles. The van der Waals surface area contributed by atoms with Crippen LogP contribution < -0.4 is 16.0 Å². The van der Waals surface area contributed by atoms with E-state index in [0.717, 1.165) is 32.1 Å². The minimum absolute atomic E-state index is 0.00400. The van der Waals surface area contributed by atoms with Crippen molar-refractivity contribution < 1.29 is 28.7 Å². The second-order valence-electron chi connectivity index (χ2n) is 6.20. The molecule has 26 heavy (non-hydrogen) atoms. The highest BCUT2D eigenvalue weighted by Gasteiger charge is 2.25. The molecule has 1 saturated carbocycles. The molecule has 2 aliphatic rings. The van der Waals surface area contributed by atoms with E-state index in [9.17, 15) is 19.2 Å². The summed E-state index contributed by atoms with van der Waals surface area (Å²) in [6.07, 6.45) is 4.89. The normalized spacial score (nSPS) is 17.8. The number of hydrogen-bond donors (Lipinski definition) is 3. The van der Waals surface area contributed by atoms with Gasteiger partial charge >= 0.3 is 18.0 Å². The molecule has 3 N–H and O–H groups in total. The van der Waals surface area contributed by atoms with Crippen LogP contribution in [0, 0.1) is 5.92 Å². The van der Waals surface area contributed by atoms with Gasteiger partial charge in [-0.2, -0.15) is 0 Å². The first-order valence-corrected chi connectivity index (χ1v) is 8.88. The number of urea groups is 1. The minimum atomic E-state index is -0.641. The molecule has 0 aromatic heterocycles. The summed E-state index contributed by atoms with van der Waals surface area (Å²) in [6, 6.07) is -0.491. The lowest BCUT2D eigenvalue weighted by molar-refractivity contribution is -0.144. The molecule has 9 nitrogen and oxygen atoms in total. The second-order valence-corrected chi connectivity index (χ2v) is 6.20. The highest BCUT2D eigenvalue weighted by Crippen LogP contribution is 2.23. The maximum absolute atomic E-state index is 12.0. The summed E-state index contributed by atoms with van der Waals surface area (Å²) in [5.74, 6) is -1.41. The van der Waals surface area contributed by atoms with Crippen LogP contribution in [0.15, 0.2) is 11.3 Å². The SMILES string of the molecule is CCOC(=O)C1=C(COC(=O)CNC(=O)C2CCCCC2)NC(=O)NC1. The average Bonchev–Trinajstić information content (AvgIpc) is 2.65. The van der Waals surface area contributed by atoms with Crippen molar-refractivity contribution in [2.75, 3.05) is 26.3 Å². The summed E-state index contributed by atoms with van der Waals surface area (Å²) >= 11 is 0. The third kappa shape index (κ3) is 5.75. The molecule has 0 bridgehead atoms. The molecule has 0 atom stereocenters. The number of carbonyl (C=O) groups excluding carboxylic acids is 4. The van der Waals surface area contributed by atoms with Gasteiger partial charge in [0.2, 0.25) is 5.91 Å². The first-order valence-electron chi connectivity index (χ1n) is 8.88. The van der Waals surface area contributed by atoms with Crippen LogP contribution in [0.4, 0.5) is 4.79 Å². The van der Waals surface area contributed by atoms with E-state index in [1.165, 1.54) is 0 Å². The molecule has 2 rings (SSSR count). The van der Waals surface area contributed by atoms with Crippen molar-refractivity contribution in [3.63, 3.8) is 0 Å². The molecule has 1 aliphatic heterocycles. The first kappa shape index (κ1) is 19.7. The molecule has 0 saturated heterocycles. The molecule has 0 unspecified atom stereocenters. The van der Waals surface area contributed by atoms with E-state index in [1.807, 2.05) is 0 Å². The summed E-state index contributed by atoms with van der Waals surface area (Å²) < 4.78 is 9.98. The van der Waals surface area contributed by atoms with Crippen molar-refractivity contribution in [1.82, 2.24) is 16.0 Å². The van der Waals surface area contributed by atoms with Crippen molar-refractivity contribution in [1.29, 1.82) is 0 Å². The zero-order valence-corrected chi connectivity index (χ0v) is 14.9. The monoisotopic (exact) mass is 367 g/mol. The van der Waals surface area contributed by atoms with E-state index >= 15 is 0 Å². The zero-order valence-electron chi connectivity index (χ0n) is 14.9. The molecule has 1 fully saturated rings. The van der Waals surface area contributed by atoms with Gasteiger partial charge < -0.3 is 25.4 Å². The van der Waals surface area contributed by atoms with Gasteiger partial charge in [0, 0.05) is 5.92 Å². The van der Waals surface area contributed by atoms with Crippen molar-refractivity contribution in [3.05, 3.63) is 11.3 Å². The molecule has 0 radical (unpaired) electrons. The lowest BCUT2D eigenvalue weighted by Gasteiger charge is -2.22. The number of ether oxygens (including phenoxy) is 2. The van der Waals surface area contributed by atoms with Crippen molar-refractivity contribution in [2.45, 2.75) is 39.0 Å². The average molecular weight is 367 g/mol. The van der Waals surface area contributed by atoms with E-state index < -0.39 is 18.0 Å². The number of nitrogens with one attached hydrogen (secondary N) is 3. The topological polar surface area (TPSA) is 123 Å². The van der Waals surface area contributed by atoms with Crippen LogP contribution >= 0.6 is 0 Å². The molecular formula is C17H25N3O6. The van der Waals surface area contributed by atoms with Crippen LogP contribution in [0.1, 0.15) is 39.0 Å². The molecule has 1 aliphatic carbocycles. The maximum atomic E-state index is 12.0. The third-order valence-electron chi connectivity index (χ3n) is 4.34.